The van der Waals surface area contributed by atoms with Gasteiger partial charge in [0, 0.05) is 17.3 Å². The first-order valence-corrected chi connectivity index (χ1v) is 5.37. The van der Waals surface area contributed by atoms with Crippen molar-refractivity contribution in [3.63, 3.8) is 0 Å². The van der Waals surface area contributed by atoms with Crippen molar-refractivity contribution in [2.45, 2.75) is 13.8 Å². The summed E-state index contributed by atoms with van der Waals surface area (Å²) < 4.78 is 0. The standard InChI is InChI=1S/C11H12N2S/c1-8-3-4-10(7-9(8)2)13-11-12-5-6-14-11/h3-7H,1-2H3,(H,12,13). The SMILES string of the molecule is Cc1ccc(Nc2nccs2)cc1C. The number of aryl methyl sites for hydroxylation is 2. The van der Waals surface area contributed by atoms with Crippen molar-refractivity contribution < 1.29 is 0 Å². The van der Waals surface area contributed by atoms with Gasteiger partial charge in [-0.1, -0.05) is 6.07 Å². The molecule has 0 spiro atoms. The van der Waals surface area contributed by atoms with E-state index in [1.807, 2.05) is 5.38 Å². The van der Waals surface area contributed by atoms with Crippen LogP contribution in [0.3, 0.4) is 0 Å². The number of rotatable bonds is 2. The molecule has 14 heavy (non-hydrogen) atoms. The first kappa shape index (κ1) is 9.21. The van der Waals surface area contributed by atoms with Crippen LogP contribution in [0.5, 0.6) is 0 Å². The Balaban J connectivity index is 2.22. The van der Waals surface area contributed by atoms with Crippen LogP contribution in [0.1, 0.15) is 11.1 Å². The maximum Gasteiger partial charge on any atom is 0.187 e. The zero-order valence-corrected chi connectivity index (χ0v) is 9.06. The molecule has 0 fully saturated rings. The second kappa shape index (κ2) is 3.80. The van der Waals surface area contributed by atoms with E-state index in [-0.39, 0.29) is 0 Å². The highest BCUT2D eigenvalue weighted by Crippen LogP contribution is 2.20. The number of anilines is 2. The zero-order valence-electron chi connectivity index (χ0n) is 8.24. The topological polar surface area (TPSA) is 24.9 Å². The van der Waals surface area contributed by atoms with Gasteiger partial charge < -0.3 is 5.32 Å². The third-order valence-electron chi connectivity index (χ3n) is 2.19. The van der Waals surface area contributed by atoms with E-state index >= 15 is 0 Å². The molecule has 0 aliphatic heterocycles. The molecule has 1 N–H and O–H groups in total. The van der Waals surface area contributed by atoms with Gasteiger partial charge in [-0.05, 0) is 37.1 Å². The molecule has 0 saturated heterocycles. The summed E-state index contributed by atoms with van der Waals surface area (Å²) in [6.45, 7) is 4.23. The van der Waals surface area contributed by atoms with Gasteiger partial charge in [-0.15, -0.1) is 11.3 Å². The summed E-state index contributed by atoms with van der Waals surface area (Å²) in [6.07, 6.45) is 1.80. The molecule has 1 aromatic heterocycles. The fraction of sp³-hybridized carbons (Fsp3) is 0.182. The molecule has 2 rings (SSSR count). The third kappa shape index (κ3) is 1.93. The van der Waals surface area contributed by atoms with Crippen LogP contribution in [0.4, 0.5) is 10.8 Å². The maximum atomic E-state index is 4.17. The Morgan fingerprint density at radius 2 is 2.07 bits per heavy atom. The number of nitrogens with zero attached hydrogens (tertiary/aromatic N) is 1. The van der Waals surface area contributed by atoms with Crippen molar-refractivity contribution in [2.75, 3.05) is 5.32 Å². The van der Waals surface area contributed by atoms with Crippen LogP contribution in [-0.4, -0.2) is 4.98 Å². The third-order valence-corrected chi connectivity index (χ3v) is 2.88. The summed E-state index contributed by atoms with van der Waals surface area (Å²) in [7, 11) is 0. The average Bonchev–Trinajstić information content (AvgIpc) is 2.64. The van der Waals surface area contributed by atoms with Gasteiger partial charge in [0.05, 0.1) is 0 Å². The second-order valence-corrected chi connectivity index (χ2v) is 4.16. The molecule has 1 heterocycles. The Kier molecular flexibility index (Phi) is 2.50. The Morgan fingerprint density at radius 3 is 2.71 bits per heavy atom. The van der Waals surface area contributed by atoms with Crippen molar-refractivity contribution in [1.82, 2.24) is 4.98 Å². The molecular weight excluding hydrogens is 192 g/mol. The first-order valence-electron chi connectivity index (χ1n) is 4.49. The van der Waals surface area contributed by atoms with Gasteiger partial charge in [0.25, 0.3) is 0 Å². The van der Waals surface area contributed by atoms with Gasteiger partial charge in [0.2, 0.25) is 0 Å². The number of aromatic nitrogens is 1. The lowest BCUT2D eigenvalue weighted by Crippen LogP contribution is -1.90. The van der Waals surface area contributed by atoms with E-state index in [4.69, 9.17) is 0 Å². The fourth-order valence-electron chi connectivity index (χ4n) is 1.23. The number of thiazole rings is 1. The van der Waals surface area contributed by atoms with Crippen LogP contribution in [0.15, 0.2) is 29.8 Å². The van der Waals surface area contributed by atoms with E-state index in [1.165, 1.54) is 11.1 Å². The van der Waals surface area contributed by atoms with Crippen LogP contribution in [-0.2, 0) is 0 Å². The second-order valence-electron chi connectivity index (χ2n) is 3.26. The molecule has 2 aromatic rings. The lowest BCUT2D eigenvalue weighted by Gasteiger charge is -2.05. The monoisotopic (exact) mass is 204 g/mol. The van der Waals surface area contributed by atoms with Crippen LogP contribution in [0, 0.1) is 13.8 Å². The van der Waals surface area contributed by atoms with Crippen molar-refractivity contribution >= 4 is 22.2 Å². The number of nitrogens with one attached hydrogen (secondary N) is 1. The highest BCUT2D eigenvalue weighted by atomic mass is 32.1. The Hall–Kier alpha value is -1.35. The molecule has 72 valence electrons. The van der Waals surface area contributed by atoms with Crippen molar-refractivity contribution in [3.8, 4) is 0 Å². The summed E-state index contributed by atoms with van der Waals surface area (Å²) in [5.74, 6) is 0. The normalized spacial score (nSPS) is 10.1. The fourth-order valence-corrected chi connectivity index (χ4v) is 1.78. The van der Waals surface area contributed by atoms with E-state index in [1.54, 1.807) is 17.5 Å². The molecule has 1 aromatic carbocycles. The van der Waals surface area contributed by atoms with E-state index in [9.17, 15) is 0 Å². The summed E-state index contributed by atoms with van der Waals surface area (Å²) in [6, 6.07) is 6.33. The lowest BCUT2D eigenvalue weighted by atomic mass is 10.1. The molecule has 0 radical (unpaired) electrons. The highest BCUT2D eigenvalue weighted by molar-refractivity contribution is 7.13. The van der Waals surface area contributed by atoms with Crippen LogP contribution in [0.2, 0.25) is 0 Å². The van der Waals surface area contributed by atoms with Crippen molar-refractivity contribution in [3.05, 3.63) is 40.9 Å². The van der Waals surface area contributed by atoms with Crippen molar-refractivity contribution in [1.29, 1.82) is 0 Å². The molecule has 0 aliphatic carbocycles. The van der Waals surface area contributed by atoms with Gasteiger partial charge in [-0.25, -0.2) is 4.98 Å². The highest BCUT2D eigenvalue weighted by Gasteiger charge is 1.98. The maximum absolute atomic E-state index is 4.17. The molecule has 3 heteroatoms. The Labute approximate surface area is 87.6 Å². The zero-order chi connectivity index (χ0) is 9.97. The summed E-state index contributed by atoms with van der Waals surface area (Å²) in [4.78, 5) is 4.17. The van der Waals surface area contributed by atoms with Gasteiger partial charge in [-0.2, -0.15) is 0 Å². The van der Waals surface area contributed by atoms with Crippen LogP contribution >= 0.6 is 11.3 Å². The summed E-state index contributed by atoms with van der Waals surface area (Å²) in [5.41, 5.74) is 3.71. The molecule has 0 unspecified atom stereocenters. The number of benzene rings is 1. The van der Waals surface area contributed by atoms with E-state index in [0.29, 0.717) is 0 Å². The predicted octanol–water partition coefficient (Wildman–Crippen LogP) is 3.50. The van der Waals surface area contributed by atoms with Crippen molar-refractivity contribution in [2.24, 2.45) is 0 Å². The molecule has 0 saturated carbocycles. The minimum atomic E-state index is 0.938. The Bertz CT molecular complexity index is 421. The van der Waals surface area contributed by atoms with Gasteiger partial charge >= 0.3 is 0 Å². The van der Waals surface area contributed by atoms with E-state index in [2.05, 4.69) is 42.3 Å². The summed E-state index contributed by atoms with van der Waals surface area (Å²) in [5, 5.41) is 6.16. The molecule has 0 atom stereocenters. The quantitative estimate of drug-likeness (QED) is 0.809. The van der Waals surface area contributed by atoms with Crippen LogP contribution in [0.25, 0.3) is 0 Å². The Morgan fingerprint density at radius 1 is 1.21 bits per heavy atom. The average molecular weight is 204 g/mol. The van der Waals surface area contributed by atoms with E-state index < -0.39 is 0 Å². The van der Waals surface area contributed by atoms with E-state index in [0.717, 1.165) is 10.8 Å². The van der Waals surface area contributed by atoms with Gasteiger partial charge in [-0.3, -0.25) is 0 Å². The lowest BCUT2D eigenvalue weighted by molar-refractivity contribution is 1.33. The van der Waals surface area contributed by atoms with Gasteiger partial charge in [0.1, 0.15) is 0 Å². The summed E-state index contributed by atoms with van der Waals surface area (Å²) >= 11 is 1.61. The molecular formula is C11H12N2S. The van der Waals surface area contributed by atoms with Gasteiger partial charge in [0.15, 0.2) is 5.13 Å². The smallest absolute Gasteiger partial charge is 0.187 e. The minimum Gasteiger partial charge on any atom is -0.332 e. The molecule has 0 bridgehead atoms. The molecule has 2 nitrogen and oxygen atoms in total. The molecule has 0 amide bonds. The van der Waals surface area contributed by atoms with Crippen LogP contribution < -0.4 is 5.32 Å². The number of hydrogen-bond acceptors (Lipinski definition) is 3. The molecule has 0 aliphatic rings. The minimum absolute atomic E-state index is 0.938. The largest absolute Gasteiger partial charge is 0.332 e. The first-order chi connectivity index (χ1) is 6.75. The number of hydrogen-bond donors (Lipinski definition) is 1. The predicted molar refractivity (Wildman–Crippen MR) is 61.3 cm³/mol.